The molecule has 0 saturated heterocycles. The van der Waals surface area contributed by atoms with E-state index in [0.717, 1.165) is 31.0 Å². The molecule has 108 valence electrons. The highest BCUT2D eigenvalue weighted by Gasteiger charge is 2.07. The maximum absolute atomic E-state index is 5.60. The predicted octanol–water partition coefficient (Wildman–Crippen LogP) is 4.09. The van der Waals surface area contributed by atoms with Crippen LogP contribution >= 0.6 is 11.3 Å². The Hall–Kier alpha value is -1.39. The first-order valence-corrected chi connectivity index (χ1v) is 7.93. The van der Waals surface area contributed by atoms with E-state index in [1.54, 1.807) is 11.3 Å². The molecule has 0 aliphatic rings. The Morgan fingerprint density at radius 2 is 2.05 bits per heavy atom. The first kappa shape index (κ1) is 15.0. The van der Waals surface area contributed by atoms with E-state index in [1.807, 2.05) is 17.6 Å². The van der Waals surface area contributed by atoms with Crippen LogP contribution in [0.15, 0.2) is 29.8 Å². The van der Waals surface area contributed by atoms with Gasteiger partial charge in [-0.05, 0) is 38.0 Å². The minimum absolute atomic E-state index is 0.316. The largest absolute Gasteiger partial charge is 0.494 e. The van der Waals surface area contributed by atoms with Gasteiger partial charge in [0.2, 0.25) is 0 Å². The zero-order chi connectivity index (χ0) is 14.4. The third-order valence-electron chi connectivity index (χ3n) is 3.27. The van der Waals surface area contributed by atoms with Crippen LogP contribution < -0.4 is 10.1 Å². The summed E-state index contributed by atoms with van der Waals surface area (Å²) >= 11 is 1.70. The molecular weight excluding hydrogens is 268 g/mol. The van der Waals surface area contributed by atoms with E-state index in [2.05, 4.69) is 43.2 Å². The quantitative estimate of drug-likeness (QED) is 0.834. The summed E-state index contributed by atoms with van der Waals surface area (Å²) in [4.78, 5) is 5.57. The van der Waals surface area contributed by atoms with Crippen molar-refractivity contribution >= 4 is 11.3 Å². The number of nitrogens with one attached hydrogen (secondary N) is 1. The van der Waals surface area contributed by atoms with Gasteiger partial charge in [-0.25, -0.2) is 4.98 Å². The highest BCUT2D eigenvalue weighted by molar-refractivity contribution is 7.09. The molecular formula is C16H22N2OS. The van der Waals surface area contributed by atoms with Crippen molar-refractivity contribution in [1.29, 1.82) is 0 Å². The number of hydrogen-bond acceptors (Lipinski definition) is 4. The van der Waals surface area contributed by atoms with E-state index >= 15 is 0 Å². The molecule has 0 amide bonds. The standard InChI is InChI=1S/C16H22N2OS/c1-4-9-19-15-7-5-14(6-8-15)12(2)17-10-16-13(3)18-11-20-16/h5-8,11-12,17H,4,9-10H2,1-3H3. The van der Waals surface area contributed by atoms with E-state index in [-0.39, 0.29) is 0 Å². The van der Waals surface area contributed by atoms with Crippen molar-refractivity contribution in [3.8, 4) is 5.75 Å². The maximum atomic E-state index is 5.60. The lowest BCUT2D eigenvalue weighted by atomic mass is 10.1. The van der Waals surface area contributed by atoms with Crippen molar-refractivity contribution in [2.75, 3.05) is 6.61 Å². The molecule has 1 atom stereocenters. The van der Waals surface area contributed by atoms with Crippen LogP contribution in [-0.4, -0.2) is 11.6 Å². The third-order valence-corrected chi connectivity index (χ3v) is 4.20. The Balaban J connectivity index is 1.88. The maximum Gasteiger partial charge on any atom is 0.119 e. The molecule has 1 aromatic heterocycles. The number of thiazole rings is 1. The molecule has 0 aliphatic carbocycles. The van der Waals surface area contributed by atoms with Crippen molar-refractivity contribution in [3.63, 3.8) is 0 Å². The van der Waals surface area contributed by atoms with Gasteiger partial charge >= 0.3 is 0 Å². The minimum atomic E-state index is 0.316. The average Bonchev–Trinajstić information content (AvgIpc) is 2.88. The smallest absolute Gasteiger partial charge is 0.119 e. The van der Waals surface area contributed by atoms with Gasteiger partial charge < -0.3 is 10.1 Å². The molecule has 1 heterocycles. The van der Waals surface area contributed by atoms with Gasteiger partial charge in [-0.3, -0.25) is 0 Å². The lowest BCUT2D eigenvalue weighted by molar-refractivity contribution is 0.317. The molecule has 0 fully saturated rings. The molecule has 3 nitrogen and oxygen atoms in total. The number of aromatic nitrogens is 1. The van der Waals surface area contributed by atoms with Crippen LogP contribution in [0.4, 0.5) is 0 Å². The molecule has 2 aromatic rings. The summed E-state index contributed by atoms with van der Waals surface area (Å²) < 4.78 is 5.60. The fourth-order valence-corrected chi connectivity index (χ4v) is 2.66. The summed E-state index contributed by atoms with van der Waals surface area (Å²) in [5, 5.41) is 3.53. The fourth-order valence-electron chi connectivity index (χ4n) is 1.93. The van der Waals surface area contributed by atoms with Crippen molar-refractivity contribution in [1.82, 2.24) is 10.3 Å². The van der Waals surface area contributed by atoms with Crippen molar-refractivity contribution < 1.29 is 4.74 Å². The molecule has 20 heavy (non-hydrogen) atoms. The molecule has 0 saturated carbocycles. The minimum Gasteiger partial charge on any atom is -0.494 e. The van der Waals surface area contributed by atoms with Gasteiger partial charge in [0.15, 0.2) is 0 Å². The number of benzene rings is 1. The van der Waals surface area contributed by atoms with Gasteiger partial charge in [0.1, 0.15) is 5.75 Å². The van der Waals surface area contributed by atoms with Crippen LogP contribution in [0, 0.1) is 6.92 Å². The zero-order valence-corrected chi connectivity index (χ0v) is 13.2. The first-order valence-electron chi connectivity index (χ1n) is 7.05. The van der Waals surface area contributed by atoms with Crippen LogP contribution in [0.5, 0.6) is 5.75 Å². The van der Waals surface area contributed by atoms with E-state index in [1.165, 1.54) is 10.4 Å². The molecule has 0 aliphatic heterocycles. The average molecular weight is 290 g/mol. The van der Waals surface area contributed by atoms with Gasteiger partial charge in [-0.2, -0.15) is 0 Å². The lowest BCUT2D eigenvalue weighted by Crippen LogP contribution is -2.17. The highest BCUT2D eigenvalue weighted by Crippen LogP contribution is 2.19. The molecule has 2 rings (SSSR count). The van der Waals surface area contributed by atoms with Crippen LogP contribution in [0.3, 0.4) is 0 Å². The van der Waals surface area contributed by atoms with Crippen LogP contribution in [0.1, 0.15) is 42.4 Å². The summed E-state index contributed by atoms with van der Waals surface area (Å²) in [5.41, 5.74) is 4.30. The monoisotopic (exact) mass is 290 g/mol. The molecule has 0 spiro atoms. The molecule has 0 radical (unpaired) electrons. The van der Waals surface area contributed by atoms with E-state index < -0.39 is 0 Å². The Morgan fingerprint density at radius 3 is 2.65 bits per heavy atom. The van der Waals surface area contributed by atoms with Gasteiger partial charge in [0.25, 0.3) is 0 Å². The number of aryl methyl sites for hydroxylation is 1. The number of hydrogen-bond donors (Lipinski definition) is 1. The molecule has 1 unspecified atom stereocenters. The zero-order valence-electron chi connectivity index (χ0n) is 12.3. The Bertz CT molecular complexity index is 522. The summed E-state index contributed by atoms with van der Waals surface area (Å²) in [6.45, 7) is 7.99. The van der Waals surface area contributed by atoms with Gasteiger partial charge in [0.05, 0.1) is 17.8 Å². The molecule has 0 bridgehead atoms. The number of nitrogens with zero attached hydrogens (tertiary/aromatic N) is 1. The van der Waals surface area contributed by atoms with Crippen LogP contribution in [0.25, 0.3) is 0 Å². The van der Waals surface area contributed by atoms with Gasteiger partial charge in [0, 0.05) is 17.5 Å². The summed E-state index contributed by atoms with van der Waals surface area (Å²) in [5.74, 6) is 0.945. The second-order valence-electron chi connectivity index (χ2n) is 4.88. The third kappa shape index (κ3) is 4.05. The summed E-state index contributed by atoms with van der Waals surface area (Å²) in [7, 11) is 0. The topological polar surface area (TPSA) is 34.1 Å². The lowest BCUT2D eigenvalue weighted by Gasteiger charge is -2.14. The van der Waals surface area contributed by atoms with Crippen molar-refractivity contribution in [3.05, 3.63) is 45.9 Å². The van der Waals surface area contributed by atoms with E-state index in [9.17, 15) is 0 Å². The van der Waals surface area contributed by atoms with E-state index in [0.29, 0.717) is 6.04 Å². The van der Waals surface area contributed by atoms with Gasteiger partial charge in [-0.15, -0.1) is 11.3 Å². The number of ether oxygens (including phenoxy) is 1. The second-order valence-corrected chi connectivity index (χ2v) is 5.82. The SMILES string of the molecule is CCCOc1ccc(C(C)NCc2scnc2C)cc1. The normalized spacial score (nSPS) is 12.3. The van der Waals surface area contributed by atoms with Crippen LogP contribution in [0.2, 0.25) is 0 Å². The molecule has 1 N–H and O–H groups in total. The highest BCUT2D eigenvalue weighted by atomic mass is 32.1. The van der Waals surface area contributed by atoms with Crippen molar-refractivity contribution in [2.24, 2.45) is 0 Å². The predicted molar refractivity (Wildman–Crippen MR) is 84.3 cm³/mol. The molecule has 1 aromatic carbocycles. The Morgan fingerprint density at radius 1 is 1.30 bits per heavy atom. The van der Waals surface area contributed by atoms with Crippen molar-refractivity contribution in [2.45, 2.75) is 39.8 Å². The summed E-state index contributed by atoms with van der Waals surface area (Å²) in [6.07, 6.45) is 1.04. The number of rotatable bonds is 7. The molecule has 4 heteroatoms. The summed E-state index contributed by atoms with van der Waals surface area (Å²) in [6, 6.07) is 8.66. The van der Waals surface area contributed by atoms with Gasteiger partial charge in [-0.1, -0.05) is 19.1 Å². The Labute approximate surface area is 125 Å². The van der Waals surface area contributed by atoms with E-state index in [4.69, 9.17) is 4.74 Å². The fraction of sp³-hybridized carbons (Fsp3) is 0.438. The second kappa shape index (κ2) is 7.41. The Kier molecular flexibility index (Phi) is 5.56. The first-order chi connectivity index (χ1) is 9.70. The van der Waals surface area contributed by atoms with Crippen LogP contribution in [-0.2, 0) is 6.54 Å².